The minimum Gasteiger partial charge on any atom is -0.296 e. The molecule has 1 heterocycles. The van der Waals surface area contributed by atoms with Crippen LogP contribution in [0, 0.1) is 13.8 Å². The standard InChI is InChI=1S/C13H20N2S2/c1-11-4-3-5-12(2)13(11)10-14-6-8-15(17-16)9-7-14/h3-5,16H,6-10H2,1-2H3. The Kier molecular flexibility index (Phi) is 4.79. The normalized spacial score (nSPS) is 18.5. The van der Waals surface area contributed by atoms with Crippen molar-refractivity contribution in [3.05, 3.63) is 34.9 Å². The van der Waals surface area contributed by atoms with Crippen LogP contribution in [0.15, 0.2) is 18.2 Å². The van der Waals surface area contributed by atoms with E-state index in [-0.39, 0.29) is 0 Å². The Morgan fingerprint density at radius 3 is 2.24 bits per heavy atom. The van der Waals surface area contributed by atoms with Crippen molar-refractivity contribution in [2.24, 2.45) is 0 Å². The van der Waals surface area contributed by atoms with Gasteiger partial charge in [0.1, 0.15) is 0 Å². The van der Waals surface area contributed by atoms with Crippen molar-refractivity contribution < 1.29 is 0 Å². The third-order valence-corrected chi connectivity index (χ3v) is 4.76. The number of hydrogen-bond donors (Lipinski definition) is 1. The third kappa shape index (κ3) is 3.41. The molecule has 0 aromatic heterocycles. The van der Waals surface area contributed by atoms with Gasteiger partial charge in [-0.05, 0) is 41.5 Å². The van der Waals surface area contributed by atoms with Gasteiger partial charge in [-0.2, -0.15) is 0 Å². The lowest BCUT2D eigenvalue weighted by molar-refractivity contribution is 0.189. The maximum absolute atomic E-state index is 4.25. The van der Waals surface area contributed by atoms with Crippen LogP contribution in [0.25, 0.3) is 0 Å². The van der Waals surface area contributed by atoms with E-state index >= 15 is 0 Å². The van der Waals surface area contributed by atoms with E-state index in [4.69, 9.17) is 0 Å². The topological polar surface area (TPSA) is 6.48 Å². The molecule has 0 saturated carbocycles. The Labute approximate surface area is 113 Å². The van der Waals surface area contributed by atoms with Gasteiger partial charge in [0.25, 0.3) is 0 Å². The minimum atomic E-state index is 1.09. The zero-order chi connectivity index (χ0) is 12.3. The number of thiol groups is 1. The van der Waals surface area contributed by atoms with Gasteiger partial charge >= 0.3 is 0 Å². The highest BCUT2D eigenvalue weighted by atomic mass is 33.1. The first-order chi connectivity index (χ1) is 8.20. The van der Waals surface area contributed by atoms with Crippen LogP contribution >= 0.6 is 22.6 Å². The first-order valence-corrected chi connectivity index (χ1v) is 7.87. The van der Waals surface area contributed by atoms with Crippen LogP contribution in [0.5, 0.6) is 0 Å². The summed E-state index contributed by atoms with van der Waals surface area (Å²) in [5, 5.41) is 0. The van der Waals surface area contributed by atoms with Gasteiger partial charge in [0, 0.05) is 32.7 Å². The van der Waals surface area contributed by atoms with E-state index in [1.807, 2.05) is 0 Å². The van der Waals surface area contributed by atoms with Gasteiger partial charge in [0.05, 0.1) is 0 Å². The van der Waals surface area contributed by atoms with E-state index in [2.05, 4.69) is 52.9 Å². The minimum absolute atomic E-state index is 1.09. The summed E-state index contributed by atoms with van der Waals surface area (Å²) < 4.78 is 2.31. The fraction of sp³-hybridized carbons (Fsp3) is 0.538. The molecule has 0 unspecified atom stereocenters. The van der Waals surface area contributed by atoms with Gasteiger partial charge in [-0.3, -0.25) is 4.90 Å². The van der Waals surface area contributed by atoms with Crippen LogP contribution < -0.4 is 0 Å². The number of rotatable bonds is 3. The van der Waals surface area contributed by atoms with Crippen molar-refractivity contribution in [2.45, 2.75) is 20.4 Å². The quantitative estimate of drug-likeness (QED) is 0.512. The van der Waals surface area contributed by atoms with E-state index in [9.17, 15) is 0 Å². The SMILES string of the molecule is Cc1cccc(C)c1CN1CCN(SS)CC1. The van der Waals surface area contributed by atoms with Gasteiger partial charge in [-0.25, -0.2) is 4.31 Å². The lowest BCUT2D eigenvalue weighted by atomic mass is 10.0. The molecular formula is C13H20N2S2. The Morgan fingerprint density at radius 1 is 1.12 bits per heavy atom. The van der Waals surface area contributed by atoms with E-state index in [1.54, 1.807) is 11.0 Å². The summed E-state index contributed by atoms with van der Waals surface area (Å²) in [4.78, 5) is 2.54. The molecule has 1 saturated heterocycles. The molecule has 2 nitrogen and oxygen atoms in total. The predicted octanol–water partition coefficient (Wildman–Crippen LogP) is 2.91. The van der Waals surface area contributed by atoms with Crippen molar-refractivity contribution in [1.82, 2.24) is 9.21 Å². The molecule has 0 spiro atoms. The molecule has 0 amide bonds. The molecule has 1 aromatic rings. The Morgan fingerprint density at radius 2 is 1.71 bits per heavy atom. The zero-order valence-electron chi connectivity index (χ0n) is 10.5. The Bertz CT molecular complexity index is 353. The molecule has 0 radical (unpaired) electrons. The highest BCUT2D eigenvalue weighted by Crippen LogP contribution is 2.20. The summed E-state index contributed by atoms with van der Waals surface area (Å²) in [6, 6.07) is 6.56. The number of hydrogen-bond acceptors (Lipinski definition) is 4. The monoisotopic (exact) mass is 268 g/mol. The summed E-state index contributed by atoms with van der Waals surface area (Å²) >= 11 is 4.25. The van der Waals surface area contributed by atoms with E-state index in [1.165, 1.54) is 16.7 Å². The van der Waals surface area contributed by atoms with Crippen molar-refractivity contribution in [3.63, 3.8) is 0 Å². The van der Waals surface area contributed by atoms with Crippen LogP contribution in [0.2, 0.25) is 0 Å². The number of aryl methyl sites for hydroxylation is 2. The molecule has 1 aromatic carbocycles. The van der Waals surface area contributed by atoms with Gasteiger partial charge < -0.3 is 0 Å². The molecule has 1 aliphatic heterocycles. The lowest BCUT2D eigenvalue weighted by Crippen LogP contribution is -2.42. The highest BCUT2D eigenvalue weighted by Gasteiger charge is 2.17. The molecule has 4 heteroatoms. The molecule has 1 aliphatic rings. The van der Waals surface area contributed by atoms with Crippen LogP contribution in [-0.4, -0.2) is 35.4 Å². The van der Waals surface area contributed by atoms with Gasteiger partial charge in [-0.15, -0.1) is 0 Å². The number of benzene rings is 1. The lowest BCUT2D eigenvalue weighted by Gasteiger charge is -2.33. The Hall–Kier alpha value is -0.160. The van der Waals surface area contributed by atoms with Crippen LogP contribution in [-0.2, 0) is 6.54 Å². The second-order valence-corrected chi connectivity index (χ2v) is 5.83. The summed E-state index contributed by atoms with van der Waals surface area (Å²) in [5.41, 5.74) is 4.33. The average Bonchev–Trinajstić information content (AvgIpc) is 2.35. The molecule has 0 bridgehead atoms. The van der Waals surface area contributed by atoms with Crippen LogP contribution in [0.3, 0.4) is 0 Å². The maximum atomic E-state index is 4.25. The van der Waals surface area contributed by atoms with E-state index in [0.29, 0.717) is 0 Å². The highest BCUT2D eigenvalue weighted by molar-refractivity contribution is 8.67. The zero-order valence-corrected chi connectivity index (χ0v) is 12.2. The number of nitrogens with zero attached hydrogens (tertiary/aromatic N) is 2. The largest absolute Gasteiger partial charge is 0.296 e. The first kappa shape index (κ1) is 13.3. The average molecular weight is 268 g/mol. The van der Waals surface area contributed by atoms with Gasteiger partial charge in [0.15, 0.2) is 0 Å². The van der Waals surface area contributed by atoms with Crippen LogP contribution in [0.4, 0.5) is 0 Å². The van der Waals surface area contributed by atoms with Gasteiger partial charge in [-0.1, -0.05) is 29.9 Å². The molecule has 94 valence electrons. The summed E-state index contributed by atoms with van der Waals surface area (Å²) in [6.45, 7) is 10.0. The second-order valence-electron chi connectivity index (χ2n) is 4.66. The molecule has 2 rings (SSSR count). The van der Waals surface area contributed by atoms with E-state index in [0.717, 1.165) is 32.7 Å². The first-order valence-electron chi connectivity index (χ1n) is 6.04. The fourth-order valence-electron chi connectivity index (χ4n) is 2.29. The molecule has 17 heavy (non-hydrogen) atoms. The van der Waals surface area contributed by atoms with E-state index < -0.39 is 0 Å². The molecule has 0 N–H and O–H groups in total. The molecular weight excluding hydrogens is 248 g/mol. The summed E-state index contributed by atoms with van der Waals surface area (Å²) in [5.74, 6) is 0. The third-order valence-electron chi connectivity index (χ3n) is 3.47. The van der Waals surface area contributed by atoms with Crippen molar-refractivity contribution in [1.29, 1.82) is 0 Å². The van der Waals surface area contributed by atoms with Crippen molar-refractivity contribution in [3.8, 4) is 0 Å². The van der Waals surface area contributed by atoms with Crippen LogP contribution in [0.1, 0.15) is 16.7 Å². The molecule has 0 aliphatic carbocycles. The molecule has 1 fully saturated rings. The Balaban J connectivity index is 1.98. The van der Waals surface area contributed by atoms with Gasteiger partial charge in [0.2, 0.25) is 0 Å². The number of piperazine rings is 1. The second kappa shape index (κ2) is 6.14. The maximum Gasteiger partial charge on any atom is 0.0240 e. The summed E-state index contributed by atoms with van der Waals surface area (Å²) in [6.07, 6.45) is 0. The predicted molar refractivity (Wildman–Crippen MR) is 79.3 cm³/mol. The van der Waals surface area contributed by atoms with Crippen molar-refractivity contribution in [2.75, 3.05) is 26.2 Å². The summed E-state index contributed by atoms with van der Waals surface area (Å²) in [7, 11) is 1.56. The van der Waals surface area contributed by atoms with Crippen molar-refractivity contribution >= 4 is 22.6 Å². The fourth-order valence-corrected chi connectivity index (χ4v) is 3.11. The molecule has 0 atom stereocenters. The smallest absolute Gasteiger partial charge is 0.0240 e.